The van der Waals surface area contributed by atoms with Crippen molar-refractivity contribution in [3.05, 3.63) is 41.4 Å². The molecule has 0 fully saturated rings. The summed E-state index contributed by atoms with van der Waals surface area (Å²) in [6.07, 6.45) is 5.06. The van der Waals surface area contributed by atoms with E-state index in [0.29, 0.717) is 6.54 Å². The minimum atomic E-state index is 0.0827. The quantitative estimate of drug-likeness (QED) is 0.612. The van der Waals surface area contributed by atoms with Crippen LogP contribution in [-0.2, 0) is 12.8 Å². The first-order valence-electron chi connectivity index (χ1n) is 5.47. The Hall–Kier alpha value is -2.33. The van der Waals surface area contributed by atoms with E-state index in [1.54, 1.807) is 12.1 Å². The molecular weight excluding hydrogens is 212 g/mol. The lowest BCUT2D eigenvalue weighted by Gasteiger charge is -2.02. The van der Waals surface area contributed by atoms with Crippen LogP contribution >= 0.6 is 0 Å². The van der Waals surface area contributed by atoms with Gasteiger partial charge in [-0.25, -0.2) is 0 Å². The summed E-state index contributed by atoms with van der Waals surface area (Å²) in [5.41, 5.74) is 2.30. The first-order chi connectivity index (χ1) is 8.30. The molecule has 0 aliphatic heterocycles. The molecule has 0 spiro atoms. The molecule has 0 saturated carbocycles. The second-order valence-corrected chi connectivity index (χ2v) is 3.50. The molecule has 1 heterocycles. The fraction of sp³-hybridized carbons (Fsp3) is 0.308. The van der Waals surface area contributed by atoms with E-state index < -0.39 is 0 Å². The zero-order valence-corrected chi connectivity index (χ0v) is 9.77. The van der Waals surface area contributed by atoms with E-state index in [9.17, 15) is 0 Å². The van der Waals surface area contributed by atoms with E-state index in [4.69, 9.17) is 10.5 Å². The second kappa shape index (κ2) is 7.03. The van der Waals surface area contributed by atoms with Gasteiger partial charge in [-0.05, 0) is 18.1 Å². The number of aromatic nitrogens is 1. The average Bonchev–Trinajstić information content (AvgIpc) is 2.40. The monoisotopic (exact) mass is 226 g/mol. The van der Waals surface area contributed by atoms with Crippen molar-refractivity contribution < 1.29 is 0 Å². The predicted molar refractivity (Wildman–Crippen MR) is 64.6 cm³/mol. The van der Waals surface area contributed by atoms with Gasteiger partial charge in [0.15, 0.2) is 0 Å². The average molecular weight is 226 g/mol. The largest absolute Gasteiger partial charge is 0.389 e. The highest BCUT2D eigenvalue weighted by Crippen LogP contribution is 2.01. The molecule has 0 radical (unpaired) electrons. The van der Waals surface area contributed by atoms with Crippen LogP contribution in [0.1, 0.15) is 18.2 Å². The SMILES string of the molecule is CCc1ccc(CCNC=C(C#N)C#N)nc1. The van der Waals surface area contributed by atoms with Crippen LogP contribution in [0.5, 0.6) is 0 Å². The number of nitrogens with zero attached hydrogens (tertiary/aromatic N) is 3. The van der Waals surface area contributed by atoms with Crippen molar-refractivity contribution in [3.8, 4) is 12.1 Å². The third-order valence-electron chi connectivity index (χ3n) is 2.31. The highest BCUT2D eigenvalue weighted by atomic mass is 14.8. The summed E-state index contributed by atoms with van der Waals surface area (Å²) in [6.45, 7) is 2.75. The molecule has 0 atom stereocenters. The van der Waals surface area contributed by atoms with Crippen LogP contribution in [0.4, 0.5) is 0 Å². The zero-order valence-electron chi connectivity index (χ0n) is 9.77. The van der Waals surface area contributed by atoms with Crippen molar-refractivity contribution in [2.75, 3.05) is 6.54 Å². The van der Waals surface area contributed by atoms with Gasteiger partial charge < -0.3 is 5.32 Å². The molecule has 0 unspecified atom stereocenters. The molecule has 0 aliphatic carbocycles. The van der Waals surface area contributed by atoms with Crippen molar-refractivity contribution in [2.45, 2.75) is 19.8 Å². The highest BCUT2D eigenvalue weighted by Gasteiger charge is 1.95. The molecule has 1 rings (SSSR count). The molecule has 0 saturated heterocycles. The lowest BCUT2D eigenvalue weighted by molar-refractivity contribution is 0.808. The van der Waals surface area contributed by atoms with Gasteiger partial charge >= 0.3 is 0 Å². The van der Waals surface area contributed by atoms with Crippen molar-refractivity contribution in [1.82, 2.24) is 10.3 Å². The summed E-state index contributed by atoms with van der Waals surface area (Å²) in [5, 5.41) is 19.9. The van der Waals surface area contributed by atoms with Crippen LogP contribution in [0.25, 0.3) is 0 Å². The maximum absolute atomic E-state index is 8.51. The minimum absolute atomic E-state index is 0.0827. The number of allylic oxidation sites excluding steroid dienone is 1. The van der Waals surface area contributed by atoms with Crippen molar-refractivity contribution >= 4 is 0 Å². The lowest BCUT2D eigenvalue weighted by atomic mass is 10.2. The summed E-state index contributed by atoms with van der Waals surface area (Å²) in [5.74, 6) is 0. The Morgan fingerprint density at radius 1 is 1.41 bits per heavy atom. The number of nitriles is 2. The van der Waals surface area contributed by atoms with Gasteiger partial charge in [0, 0.05) is 31.1 Å². The first kappa shape index (κ1) is 12.7. The van der Waals surface area contributed by atoms with Gasteiger partial charge in [0.2, 0.25) is 0 Å². The summed E-state index contributed by atoms with van der Waals surface area (Å²) in [6, 6.07) is 7.64. The van der Waals surface area contributed by atoms with Crippen LogP contribution in [0, 0.1) is 22.7 Å². The van der Waals surface area contributed by atoms with Gasteiger partial charge in [-0.15, -0.1) is 0 Å². The van der Waals surface area contributed by atoms with E-state index in [0.717, 1.165) is 18.5 Å². The van der Waals surface area contributed by atoms with Gasteiger partial charge in [-0.1, -0.05) is 13.0 Å². The van der Waals surface area contributed by atoms with E-state index in [-0.39, 0.29) is 5.57 Å². The van der Waals surface area contributed by atoms with E-state index in [2.05, 4.69) is 23.3 Å². The third-order valence-corrected chi connectivity index (χ3v) is 2.31. The topological polar surface area (TPSA) is 72.5 Å². The number of aryl methyl sites for hydroxylation is 1. The van der Waals surface area contributed by atoms with Gasteiger partial charge in [0.1, 0.15) is 17.7 Å². The maximum atomic E-state index is 8.51. The van der Waals surface area contributed by atoms with Gasteiger partial charge in [0.25, 0.3) is 0 Å². The number of nitrogens with one attached hydrogen (secondary N) is 1. The summed E-state index contributed by atoms with van der Waals surface area (Å²) < 4.78 is 0. The number of rotatable bonds is 5. The Morgan fingerprint density at radius 3 is 2.71 bits per heavy atom. The van der Waals surface area contributed by atoms with E-state index in [1.807, 2.05) is 12.3 Å². The molecule has 4 nitrogen and oxygen atoms in total. The number of hydrogen-bond acceptors (Lipinski definition) is 4. The van der Waals surface area contributed by atoms with Gasteiger partial charge in [0.05, 0.1) is 0 Å². The summed E-state index contributed by atoms with van der Waals surface area (Å²) in [4.78, 5) is 4.32. The van der Waals surface area contributed by atoms with Crippen LogP contribution in [0.2, 0.25) is 0 Å². The molecule has 17 heavy (non-hydrogen) atoms. The Morgan fingerprint density at radius 2 is 2.18 bits per heavy atom. The lowest BCUT2D eigenvalue weighted by Crippen LogP contribution is -2.11. The molecule has 0 amide bonds. The smallest absolute Gasteiger partial charge is 0.145 e. The Labute approximate surface area is 101 Å². The molecule has 1 aromatic rings. The zero-order chi connectivity index (χ0) is 12.5. The van der Waals surface area contributed by atoms with Gasteiger partial charge in [-0.2, -0.15) is 10.5 Å². The van der Waals surface area contributed by atoms with Crippen molar-refractivity contribution in [3.63, 3.8) is 0 Å². The summed E-state index contributed by atoms with van der Waals surface area (Å²) >= 11 is 0. The second-order valence-electron chi connectivity index (χ2n) is 3.50. The predicted octanol–water partition coefficient (Wildman–Crippen LogP) is 1.71. The fourth-order valence-electron chi connectivity index (χ4n) is 1.28. The third kappa shape index (κ3) is 4.36. The molecule has 1 aromatic heterocycles. The molecule has 0 aliphatic rings. The first-order valence-corrected chi connectivity index (χ1v) is 5.47. The van der Waals surface area contributed by atoms with E-state index in [1.165, 1.54) is 11.8 Å². The summed E-state index contributed by atoms with van der Waals surface area (Å²) in [7, 11) is 0. The molecule has 0 aromatic carbocycles. The fourth-order valence-corrected chi connectivity index (χ4v) is 1.28. The normalized spacial score (nSPS) is 8.88. The van der Waals surface area contributed by atoms with Crippen LogP contribution in [-0.4, -0.2) is 11.5 Å². The van der Waals surface area contributed by atoms with Crippen LogP contribution < -0.4 is 5.32 Å². The standard InChI is InChI=1S/C13H14N4/c1-2-11-3-4-13(17-10-11)5-6-16-9-12(7-14)8-15/h3-4,9-10,16H,2,5-6H2,1H3. The number of pyridine rings is 1. The molecule has 0 bridgehead atoms. The van der Waals surface area contributed by atoms with Gasteiger partial charge in [-0.3, -0.25) is 4.98 Å². The Bertz CT molecular complexity index is 444. The van der Waals surface area contributed by atoms with Crippen LogP contribution in [0.15, 0.2) is 30.1 Å². The minimum Gasteiger partial charge on any atom is -0.389 e. The highest BCUT2D eigenvalue weighted by molar-refractivity contribution is 5.34. The molecule has 86 valence electrons. The Balaban J connectivity index is 2.39. The Kier molecular flexibility index (Phi) is 5.27. The van der Waals surface area contributed by atoms with Crippen LogP contribution in [0.3, 0.4) is 0 Å². The van der Waals surface area contributed by atoms with Crippen molar-refractivity contribution in [1.29, 1.82) is 10.5 Å². The van der Waals surface area contributed by atoms with Crippen molar-refractivity contribution in [2.24, 2.45) is 0 Å². The molecular formula is C13H14N4. The van der Waals surface area contributed by atoms with E-state index >= 15 is 0 Å². The molecule has 1 N–H and O–H groups in total. The number of hydrogen-bond donors (Lipinski definition) is 1. The molecule has 4 heteroatoms. The maximum Gasteiger partial charge on any atom is 0.145 e.